The standard InChI is InChI=1S/C18H16F4N2O3S/c1-10(25)23-11-3-5-12(6-4-11)28-13-7-8-15(14(19)9-13)24-16(26)17(2,27)18(20,21)22/h3-9,27H,1-2H3,(H,23,25)(H,24,26)/t17-/m1/s1. The van der Waals surface area contributed by atoms with Crippen molar-refractivity contribution in [2.24, 2.45) is 0 Å². The fourth-order valence-corrected chi connectivity index (χ4v) is 2.82. The van der Waals surface area contributed by atoms with Gasteiger partial charge in [0, 0.05) is 22.4 Å². The molecule has 2 amide bonds. The number of carbonyl (C=O) groups is 2. The first-order valence-electron chi connectivity index (χ1n) is 7.86. The first-order chi connectivity index (χ1) is 12.9. The van der Waals surface area contributed by atoms with E-state index in [1.54, 1.807) is 29.6 Å². The highest BCUT2D eigenvalue weighted by Crippen LogP contribution is 2.33. The number of amides is 2. The second kappa shape index (κ2) is 8.19. The van der Waals surface area contributed by atoms with Crippen molar-refractivity contribution in [2.75, 3.05) is 10.6 Å². The SMILES string of the molecule is CC(=O)Nc1ccc(Sc2ccc(NC(=O)[C@@](C)(O)C(F)(F)F)c(F)c2)cc1. The molecule has 1 atom stereocenters. The Bertz CT molecular complexity index is 883. The highest BCUT2D eigenvalue weighted by atomic mass is 32.2. The first kappa shape index (κ1) is 21.7. The lowest BCUT2D eigenvalue weighted by atomic mass is 10.1. The van der Waals surface area contributed by atoms with Crippen LogP contribution in [-0.2, 0) is 9.59 Å². The summed E-state index contributed by atoms with van der Waals surface area (Å²) in [7, 11) is 0. The number of anilines is 2. The maximum Gasteiger partial charge on any atom is 0.426 e. The van der Waals surface area contributed by atoms with Crippen molar-refractivity contribution in [1.29, 1.82) is 0 Å². The predicted molar refractivity (Wildman–Crippen MR) is 96.6 cm³/mol. The summed E-state index contributed by atoms with van der Waals surface area (Å²) >= 11 is 1.17. The zero-order valence-electron chi connectivity index (χ0n) is 14.7. The third kappa shape index (κ3) is 5.23. The van der Waals surface area contributed by atoms with E-state index in [9.17, 15) is 32.3 Å². The molecule has 10 heteroatoms. The maximum absolute atomic E-state index is 14.2. The number of hydrogen-bond donors (Lipinski definition) is 3. The van der Waals surface area contributed by atoms with Gasteiger partial charge < -0.3 is 15.7 Å². The zero-order chi connectivity index (χ0) is 21.1. The van der Waals surface area contributed by atoms with Crippen molar-refractivity contribution in [2.45, 2.75) is 35.4 Å². The van der Waals surface area contributed by atoms with Gasteiger partial charge in [0.15, 0.2) is 0 Å². The van der Waals surface area contributed by atoms with E-state index in [0.29, 0.717) is 10.6 Å². The molecule has 0 heterocycles. The Morgan fingerprint density at radius 1 is 1.00 bits per heavy atom. The van der Waals surface area contributed by atoms with Crippen LogP contribution in [0, 0.1) is 5.82 Å². The zero-order valence-corrected chi connectivity index (χ0v) is 15.5. The normalized spacial score (nSPS) is 13.5. The van der Waals surface area contributed by atoms with Gasteiger partial charge in [0.1, 0.15) is 5.82 Å². The lowest BCUT2D eigenvalue weighted by Gasteiger charge is -2.25. The van der Waals surface area contributed by atoms with Crippen LogP contribution in [0.4, 0.5) is 28.9 Å². The quantitative estimate of drug-likeness (QED) is 0.639. The summed E-state index contributed by atoms with van der Waals surface area (Å²) in [6, 6.07) is 10.3. The third-order valence-electron chi connectivity index (χ3n) is 3.59. The summed E-state index contributed by atoms with van der Waals surface area (Å²) in [6.45, 7) is 1.66. The van der Waals surface area contributed by atoms with Crippen molar-refractivity contribution in [3.8, 4) is 0 Å². The molecule has 0 saturated carbocycles. The van der Waals surface area contributed by atoms with Gasteiger partial charge in [0.05, 0.1) is 5.69 Å². The smallest absolute Gasteiger partial charge is 0.373 e. The van der Waals surface area contributed by atoms with Crippen molar-refractivity contribution in [3.63, 3.8) is 0 Å². The summed E-state index contributed by atoms with van der Waals surface area (Å²) in [5.74, 6) is -2.95. The number of benzene rings is 2. The van der Waals surface area contributed by atoms with Gasteiger partial charge in [-0.2, -0.15) is 13.2 Å². The van der Waals surface area contributed by atoms with Gasteiger partial charge in [0.25, 0.3) is 5.91 Å². The molecule has 0 fully saturated rings. The lowest BCUT2D eigenvalue weighted by molar-refractivity contribution is -0.242. The predicted octanol–water partition coefficient (Wildman–Crippen LogP) is 4.19. The van der Waals surface area contributed by atoms with E-state index >= 15 is 0 Å². The van der Waals surface area contributed by atoms with Crippen LogP contribution >= 0.6 is 11.8 Å². The highest BCUT2D eigenvalue weighted by molar-refractivity contribution is 7.99. The Labute approximate surface area is 162 Å². The summed E-state index contributed by atoms with van der Waals surface area (Å²) in [4.78, 5) is 23.8. The van der Waals surface area contributed by atoms with Crippen LogP contribution in [0.25, 0.3) is 0 Å². The number of alkyl halides is 3. The summed E-state index contributed by atoms with van der Waals surface area (Å²) in [5.41, 5.74) is -3.54. The molecule has 0 bridgehead atoms. The van der Waals surface area contributed by atoms with Gasteiger partial charge in [-0.25, -0.2) is 4.39 Å². The van der Waals surface area contributed by atoms with E-state index in [-0.39, 0.29) is 12.8 Å². The lowest BCUT2D eigenvalue weighted by Crippen LogP contribution is -2.52. The average molecular weight is 416 g/mol. The van der Waals surface area contributed by atoms with Crippen LogP contribution in [0.1, 0.15) is 13.8 Å². The molecular weight excluding hydrogens is 400 g/mol. The van der Waals surface area contributed by atoms with Gasteiger partial charge in [-0.05, 0) is 49.4 Å². The average Bonchev–Trinajstić information content (AvgIpc) is 2.57. The fraction of sp³-hybridized carbons (Fsp3) is 0.222. The van der Waals surface area contributed by atoms with E-state index in [2.05, 4.69) is 5.32 Å². The Hall–Kier alpha value is -2.59. The van der Waals surface area contributed by atoms with E-state index in [1.807, 2.05) is 0 Å². The molecular formula is C18H16F4N2O3S. The van der Waals surface area contributed by atoms with E-state index < -0.39 is 29.2 Å². The van der Waals surface area contributed by atoms with Crippen LogP contribution in [0.3, 0.4) is 0 Å². The van der Waals surface area contributed by atoms with E-state index in [1.165, 1.54) is 24.8 Å². The van der Waals surface area contributed by atoms with Gasteiger partial charge in [0.2, 0.25) is 11.5 Å². The Morgan fingerprint density at radius 3 is 2.07 bits per heavy atom. The summed E-state index contributed by atoms with van der Waals surface area (Å²) < 4.78 is 52.1. The molecule has 2 aromatic carbocycles. The topological polar surface area (TPSA) is 78.4 Å². The Kier molecular flexibility index (Phi) is 6.35. The first-order valence-corrected chi connectivity index (χ1v) is 8.67. The number of carbonyl (C=O) groups excluding carboxylic acids is 2. The Morgan fingerprint density at radius 2 is 1.57 bits per heavy atom. The van der Waals surface area contributed by atoms with Crippen molar-refractivity contribution in [3.05, 3.63) is 48.3 Å². The number of rotatable bonds is 5. The third-order valence-corrected chi connectivity index (χ3v) is 4.59. The van der Waals surface area contributed by atoms with Crippen molar-refractivity contribution >= 4 is 35.0 Å². The van der Waals surface area contributed by atoms with E-state index in [4.69, 9.17) is 0 Å². The molecule has 28 heavy (non-hydrogen) atoms. The molecule has 0 aliphatic carbocycles. The molecule has 2 rings (SSSR count). The van der Waals surface area contributed by atoms with Crippen LogP contribution in [0.5, 0.6) is 0 Å². The van der Waals surface area contributed by atoms with Crippen LogP contribution < -0.4 is 10.6 Å². The summed E-state index contributed by atoms with van der Waals surface area (Å²) in [6.07, 6.45) is -5.20. The molecule has 150 valence electrons. The minimum absolute atomic E-state index is 0.218. The van der Waals surface area contributed by atoms with Gasteiger partial charge in [-0.3, -0.25) is 9.59 Å². The molecule has 0 aliphatic rings. The molecule has 0 aliphatic heterocycles. The molecule has 0 saturated heterocycles. The summed E-state index contributed by atoms with van der Waals surface area (Å²) in [5, 5.41) is 13.7. The molecule has 0 radical (unpaired) electrons. The van der Waals surface area contributed by atoms with Crippen LogP contribution in [0.15, 0.2) is 52.3 Å². The van der Waals surface area contributed by atoms with Crippen molar-refractivity contribution < 1.29 is 32.3 Å². The fourth-order valence-electron chi connectivity index (χ4n) is 1.98. The molecule has 3 N–H and O–H groups in total. The number of aliphatic hydroxyl groups is 1. The molecule has 0 spiro atoms. The molecule has 5 nitrogen and oxygen atoms in total. The van der Waals surface area contributed by atoms with Gasteiger partial charge in [-0.15, -0.1) is 0 Å². The van der Waals surface area contributed by atoms with Crippen LogP contribution in [-0.4, -0.2) is 28.7 Å². The number of hydrogen-bond acceptors (Lipinski definition) is 4. The molecule has 0 aromatic heterocycles. The van der Waals surface area contributed by atoms with E-state index in [0.717, 1.165) is 17.0 Å². The highest BCUT2D eigenvalue weighted by Gasteiger charge is 2.55. The Balaban J connectivity index is 2.10. The minimum Gasteiger partial charge on any atom is -0.373 e. The van der Waals surface area contributed by atoms with Crippen LogP contribution in [0.2, 0.25) is 0 Å². The largest absolute Gasteiger partial charge is 0.426 e. The van der Waals surface area contributed by atoms with Gasteiger partial charge in [-0.1, -0.05) is 11.8 Å². The second-order valence-electron chi connectivity index (χ2n) is 5.97. The maximum atomic E-state index is 14.2. The number of nitrogens with one attached hydrogen (secondary N) is 2. The van der Waals surface area contributed by atoms with Gasteiger partial charge >= 0.3 is 6.18 Å². The number of halogens is 4. The molecule has 2 aromatic rings. The minimum atomic E-state index is -5.20. The molecule has 0 unspecified atom stereocenters. The second-order valence-corrected chi connectivity index (χ2v) is 7.12. The van der Waals surface area contributed by atoms with Crippen molar-refractivity contribution in [1.82, 2.24) is 0 Å². The monoisotopic (exact) mass is 416 g/mol.